The van der Waals surface area contributed by atoms with Gasteiger partial charge in [-0.05, 0) is 17.7 Å². The van der Waals surface area contributed by atoms with Gasteiger partial charge in [-0.1, -0.05) is 83.3 Å². The largest absolute Gasteiger partial charge is 0.383 e. The summed E-state index contributed by atoms with van der Waals surface area (Å²) in [7, 11) is -4.05. The first-order chi connectivity index (χ1) is 11.1. The van der Waals surface area contributed by atoms with Crippen LogP contribution < -0.4 is 0 Å². The summed E-state index contributed by atoms with van der Waals surface area (Å²) in [5, 5.41) is 10.9. The Bertz CT molecular complexity index is 761. The number of benzene rings is 2. The minimum atomic E-state index is -4.05. The van der Waals surface area contributed by atoms with Gasteiger partial charge in [0.25, 0.3) is 10.1 Å². The Labute approximate surface area is 156 Å². The van der Waals surface area contributed by atoms with Crippen molar-refractivity contribution in [1.82, 2.24) is 0 Å². The molecule has 130 valence electrons. The monoisotopic (exact) mass is 408 g/mol. The van der Waals surface area contributed by atoms with Gasteiger partial charge in [0.15, 0.2) is 3.79 Å². The van der Waals surface area contributed by atoms with Gasteiger partial charge in [0, 0.05) is 6.42 Å². The molecule has 0 saturated heterocycles. The fourth-order valence-corrected chi connectivity index (χ4v) is 3.79. The first-order valence-corrected chi connectivity index (χ1v) is 9.46. The van der Waals surface area contributed by atoms with Crippen LogP contribution in [0.2, 0.25) is 0 Å². The van der Waals surface area contributed by atoms with Crippen LogP contribution in [0.3, 0.4) is 0 Å². The molecule has 2 aromatic rings. The molecule has 0 saturated carbocycles. The van der Waals surface area contributed by atoms with E-state index < -0.39 is 26.1 Å². The zero-order chi connectivity index (χ0) is 17.8. The predicted octanol–water partition coefficient (Wildman–Crippen LogP) is 4.04. The van der Waals surface area contributed by atoms with Crippen molar-refractivity contribution in [3.8, 4) is 0 Å². The van der Waals surface area contributed by atoms with Crippen LogP contribution in [0.25, 0.3) is 0 Å². The maximum Gasteiger partial charge on any atom is 0.297 e. The number of alkyl halides is 3. The lowest BCUT2D eigenvalue weighted by atomic mass is 9.92. The Balaban J connectivity index is 2.27. The first kappa shape index (κ1) is 19.5. The molecule has 24 heavy (non-hydrogen) atoms. The van der Waals surface area contributed by atoms with E-state index in [1.807, 2.05) is 0 Å². The Morgan fingerprint density at radius 2 is 1.42 bits per heavy atom. The molecule has 2 rings (SSSR count). The Kier molecular flexibility index (Phi) is 6.18. The zero-order valence-corrected chi connectivity index (χ0v) is 15.5. The van der Waals surface area contributed by atoms with Gasteiger partial charge in [0.05, 0.1) is 11.5 Å². The maximum atomic E-state index is 12.2. The second-order valence-corrected chi connectivity index (χ2v) is 9.35. The molecule has 2 aromatic carbocycles. The van der Waals surface area contributed by atoms with E-state index in [2.05, 4.69) is 0 Å². The summed E-state index contributed by atoms with van der Waals surface area (Å²) in [5.74, 6) is 0. The lowest BCUT2D eigenvalue weighted by Crippen LogP contribution is -2.36. The fourth-order valence-electron chi connectivity index (χ4n) is 2.15. The number of halogens is 3. The van der Waals surface area contributed by atoms with Crippen LogP contribution in [-0.2, 0) is 19.9 Å². The van der Waals surface area contributed by atoms with E-state index in [4.69, 9.17) is 39.0 Å². The second kappa shape index (κ2) is 7.60. The average Bonchev–Trinajstić information content (AvgIpc) is 2.53. The van der Waals surface area contributed by atoms with Gasteiger partial charge in [0.2, 0.25) is 0 Å². The summed E-state index contributed by atoms with van der Waals surface area (Å²) in [6.45, 7) is -0.581. The van der Waals surface area contributed by atoms with E-state index >= 15 is 0 Å². The molecular formula is C16H15Cl3O4S. The van der Waals surface area contributed by atoms with Gasteiger partial charge in [-0.25, -0.2) is 0 Å². The molecule has 0 amide bonds. The summed E-state index contributed by atoms with van der Waals surface area (Å²) in [5.41, 5.74) is -1.39. The van der Waals surface area contributed by atoms with Gasteiger partial charge in [-0.2, -0.15) is 8.42 Å². The van der Waals surface area contributed by atoms with Crippen molar-refractivity contribution in [3.05, 3.63) is 66.2 Å². The summed E-state index contributed by atoms with van der Waals surface area (Å²) in [6, 6.07) is 15.9. The molecule has 0 aromatic heterocycles. The topological polar surface area (TPSA) is 63.6 Å². The van der Waals surface area contributed by atoms with Crippen LogP contribution in [0.1, 0.15) is 12.0 Å². The molecular weight excluding hydrogens is 395 g/mol. The minimum absolute atomic E-state index is 0.0192. The molecule has 0 bridgehead atoms. The molecule has 0 fully saturated rings. The van der Waals surface area contributed by atoms with Crippen molar-refractivity contribution >= 4 is 44.9 Å². The zero-order valence-electron chi connectivity index (χ0n) is 12.4. The van der Waals surface area contributed by atoms with E-state index in [-0.39, 0.29) is 11.3 Å². The van der Waals surface area contributed by atoms with Crippen molar-refractivity contribution in [2.24, 2.45) is 0 Å². The van der Waals surface area contributed by atoms with Crippen molar-refractivity contribution in [2.45, 2.75) is 20.7 Å². The summed E-state index contributed by atoms with van der Waals surface area (Å²) in [6.07, 6.45) is -0.334. The first-order valence-electron chi connectivity index (χ1n) is 6.92. The normalized spacial score (nSPS) is 15.0. The van der Waals surface area contributed by atoms with Crippen LogP contribution in [0.15, 0.2) is 65.6 Å². The second-order valence-electron chi connectivity index (χ2n) is 5.22. The highest BCUT2D eigenvalue weighted by Gasteiger charge is 2.39. The summed E-state index contributed by atoms with van der Waals surface area (Å²) >= 11 is 17.4. The van der Waals surface area contributed by atoms with Gasteiger partial charge >= 0.3 is 0 Å². The van der Waals surface area contributed by atoms with E-state index in [9.17, 15) is 13.5 Å². The Morgan fingerprint density at radius 3 is 1.92 bits per heavy atom. The van der Waals surface area contributed by atoms with E-state index in [1.54, 1.807) is 48.5 Å². The molecule has 1 atom stereocenters. The highest BCUT2D eigenvalue weighted by atomic mass is 35.6. The van der Waals surface area contributed by atoms with Crippen molar-refractivity contribution in [1.29, 1.82) is 0 Å². The van der Waals surface area contributed by atoms with Gasteiger partial charge in [-0.15, -0.1) is 0 Å². The van der Waals surface area contributed by atoms with Crippen LogP contribution in [0.5, 0.6) is 0 Å². The van der Waals surface area contributed by atoms with Crippen LogP contribution in [0, 0.1) is 0 Å². The lowest BCUT2D eigenvalue weighted by molar-refractivity contribution is -0.0141. The fraction of sp³-hybridized carbons (Fsp3) is 0.250. The van der Waals surface area contributed by atoms with E-state index in [0.717, 1.165) is 0 Å². The molecule has 0 aliphatic rings. The van der Waals surface area contributed by atoms with Crippen LogP contribution in [-0.4, -0.2) is 23.9 Å². The summed E-state index contributed by atoms with van der Waals surface area (Å²) < 4.78 is 27.7. The molecule has 4 nitrogen and oxygen atoms in total. The van der Waals surface area contributed by atoms with E-state index in [0.29, 0.717) is 5.56 Å². The number of hydrogen-bond acceptors (Lipinski definition) is 4. The van der Waals surface area contributed by atoms with Gasteiger partial charge < -0.3 is 5.11 Å². The number of hydrogen-bond donors (Lipinski definition) is 1. The third kappa shape index (κ3) is 5.34. The van der Waals surface area contributed by atoms with Gasteiger partial charge in [-0.3, -0.25) is 4.18 Å². The highest BCUT2D eigenvalue weighted by molar-refractivity contribution is 7.86. The standard InChI is InChI=1S/C16H15Cl3O4S/c17-16(18,19)11-15(20,13-7-3-1-4-8-13)12-23-24(21,22)14-9-5-2-6-10-14/h1-10,20H,11-12H2. The molecule has 0 heterocycles. The van der Waals surface area contributed by atoms with Crippen molar-refractivity contribution in [2.75, 3.05) is 6.61 Å². The Morgan fingerprint density at radius 1 is 0.917 bits per heavy atom. The summed E-state index contributed by atoms with van der Waals surface area (Å²) in [4.78, 5) is -0.0192. The predicted molar refractivity (Wildman–Crippen MR) is 94.8 cm³/mol. The van der Waals surface area contributed by atoms with E-state index in [1.165, 1.54) is 12.1 Å². The van der Waals surface area contributed by atoms with Crippen LogP contribution >= 0.6 is 34.8 Å². The number of rotatable bonds is 6. The third-order valence-electron chi connectivity index (χ3n) is 3.29. The third-order valence-corrected chi connectivity index (χ3v) is 4.97. The highest BCUT2D eigenvalue weighted by Crippen LogP contribution is 2.40. The Hall–Kier alpha value is -0.820. The minimum Gasteiger partial charge on any atom is -0.383 e. The molecule has 0 spiro atoms. The number of aliphatic hydroxyl groups is 1. The van der Waals surface area contributed by atoms with Crippen LogP contribution in [0.4, 0.5) is 0 Å². The molecule has 0 aliphatic carbocycles. The quantitative estimate of drug-likeness (QED) is 0.578. The molecule has 8 heteroatoms. The van der Waals surface area contributed by atoms with Crippen molar-refractivity contribution < 1.29 is 17.7 Å². The van der Waals surface area contributed by atoms with Crippen molar-refractivity contribution in [3.63, 3.8) is 0 Å². The average molecular weight is 410 g/mol. The molecule has 0 aliphatic heterocycles. The molecule has 1 unspecified atom stereocenters. The molecule has 1 N–H and O–H groups in total. The SMILES string of the molecule is O=S(=O)(OCC(O)(CC(Cl)(Cl)Cl)c1ccccc1)c1ccccc1. The lowest BCUT2D eigenvalue weighted by Gasteiger charge is -2.31. The molecule has 0 radical (unpaired) electrons. The van der Waals surface area contributed by atoms with Gasteiger partial charge in [0.1, 0.15) is 5.60 Å². The smallest absolute Gasteiger partial charge is 0.297 e. The maximum absolute atomic E-state index is 12.2.